The van der Waals surface area contributed by atoms with Gasteiger partial charge in [-0.05, 0) is 45.1 Å². The smallest absolute Gasteiger partial charge is 0.465 e. The third kappa shape index (κ3) is 3.46. The predicted molar refractivity (Wildman–Crippen MR) is 111 cm³/mol. The Morgan fingerprint density at radius 3 is 2.47 bits per heavy atom. The van der Waals surface area contributed by atoms with E-state index in [0.717, 1.165) is 16.7 Å². The van der Waals surface area contributed by atoms with Crippen molar-refractivity contribution < 1.29 is 19.2 Å². The summed E-state index contributed by atoms with van der Waals surface area (Å²) in [6.45, 7) is 8.29. The molecule has 30 heavy (non-hydrogen) atoms. The van der Waals surface area contributed by atoms with Gasteiger partial charge in [0.25, 0.3) is 0 Å². The number of carboxylic acid groups (broad SMARTS) is 1. The number of hydrogen-bond donors (Lipinski definition) is 2. The van der Waals surface area contributed by atoms with Crippen LogP contribution in [0.1, 0.15) is 46.0 Å². The summed E-state index contributed by atoms with van der Waals surface area (Å²) in [4.78, 5) is 20.4. The van der Waals surface area contributed by atoms with Crippen molar-refractivity contribution in [3.05, 3.63) is 36.3 Å². The van der Waals surface area contributed by atoms with Crippen LogP contribution in [0.5, 0.6) is 0 Å². The van der Waals surface area contributed by atoms with Crippen molar-refractivity contribution in [1.82, 2.24) is 14.9 Å². The van der Waals surface area contributed by atoms with E-state index in [2.05, 4.69) is 16.0 Å². The molecule has 0 radical (unpaired) electrons. The molecule has 1 aromatic heterocycles. The Morgan fingerprint density at radius 1 is 1.27 bits per heavy atom. The monoisotopic (exact) mass is 408 g/mol. The number of nitrogens with one attached hydrogen (secondary N) is 1. The molecule has 2 atom stereocenters. The molecule has 9 heteroatoms. The first kappa shape index (κ1) is 20.4. The fourth-order valence-electron chi connectivity index (χ4n) is 3.85. The maximum absolute atomic E-state index is 11.5. The molecule has 0 aliphatic carbocycles. The van der Waals surface area contributed by atoms with Gasteiger partial charge in [-0.3, -0.25) is 4.90 Å². The molecule has 2 aliphatic rings. The Hall–Kier alpha value is -2.83. The molecular weight excluding hydrogens is 383 g/mol. The molecule has 3 heterocycles. The van der Waals surface area contributed by atoms with Gasteiger partial charge in [-0.2, -0.15) is 5.26 Å². The Kier molecular flexibility index (Phi) is 4.87. The minimum absolute atomic E-state index is 0.204. The lowest BCUT2D eigenvalue weighted by Gasteiger charge is -2.32. The zero-order valence-electron chi connectivity index (χ0n) is 17.5. The predicted octanol–water partition coefficient (Wildman–Crippen LogP) is 2.94. The lowest BCUT2D eigenvalue weighted by molar-refractivity contribution is 0.00578. The van der Waals surface area contributed by atoms with Crippen molar-refractivity contribution in [3.63, 3.8) is 0 Å². The molecule has 2 saturated heterocycles. The van der Waals surface area contributed by atoms with Crippen LogP contribution in [0.4, 0.5) is 4.79 Å². The second-order valence-corrected chi connectivity index (χ2v) is 8.90. The molecule has 0 spiro atoms. The average Bonchev–Trinajstić information content (AvgIpc) is 3.38. The summed E-state index contributed by atoms with van der Waals surface area (Å²) < 4.78 is 12.2. The Balaban J connectivity index is 1.52. The van der Waals surface area contributed by atoms with E-state index >= 15 is 0 Å². The quantitative estimate of drug-likeness (QED) is 0.756. The molecule has 2 fully saturated rings. The van der Waals surface area contributed by atoms with Crippen LogP contribution in [0.15, 0.2) is 30.5 Å². The number of nitriles is 1. The molecule has 156 valence electrons. The summed E-state index contributed by atoms with van der Waals surface area (Å²) in [5, 5.41) is 18.6. The number of benzene rings is 1. The van der Waals surface area contributed by atoms with Gasteiger partial charge in [0, 0.05) is 6.54 Å². The highest BCUT2D eigenvalue weighted by Crippen LogP contribution is 2.37. The van der Waals surface area contributed by atoms with Gasteiger partial charge in [-0.15, -0.1) is 0 Å². The van der Waals surface area contributed by atoms with Crippen LogP contribution in [0.25, 0.3) is 11.3 Å². The van der Waals surface area contributed by atoms with E-state index in [9.17, 15) is 15.2 Å². The third-order valence-corrected chi connectivity index (χ3v) is 6.39. The minimum atomic E-state index is -1.04. The number of likely N-dealkylation sites (tertiary alicyclic amines) is 1. The first-order valence-electron chi connectivity index (χ1n) is 10.0. The second-order valence-electron chi connectivity index (χ2n) is 8.90. The van der Waals surface area contributed by atoms with E-state index in [1.807, 2.05) is 52.0 Å². The van der Waals surface area contributed by atoms with Crippen LogP contribution in [-0.4, -0.2) is 50.9 Å². The van der Waals surface area contributed by atoms with Gasteiger partial charge in [0.15, 0.2) is 0 Å². The van der Waals surface area contributed by atoms with Crippen LogP contribution >= 0.6 is 0 Å². The molecule has 1 amide bonds. The maximum atomic E-state index is 11.5. The highest BCUT2D eigenvalue weighted by atomic mass is 16.7. The Bertz CT molecular complexity index is 979. The second kappa shape index (κ2) is 7.15. The summed E-state index contributed by atoms with van der Waals surface area (Å²) in [5.74, 6) is 0.235. The standard InChI is InChI=1S/C21H25BN4O4/c1-20(2)21(3,4)30-22(29-20)15-7-5-14(6-8-15)16-11-24-18(25-16)17-9-13(10-23)12-26(17)19(27)28/h5-8,11,13,17H,9,12H2,1-4H3,(H,24,25)(H,27,28). The molecule has 2 unspecified atom stereocenters. The van der Waals surface area contributed by atoms with Crippen molar-refractivity contribution in [3.8, 4) is 17.3 Å². The molecule has 0 saturated carbocycles. The van der Waals surface area contributed by atoms with E-state index in [1.165, 1.54) is 4.90 Å². The highest BCUT2D eigenvalue weighted by Gasteiger charge is 2.51. The van der Waals surface area contributed by atoms with E-state index in [-0.39, 0.29) is 12.5 Å². The number of nitrogens with zero attached hydrogens (tertiary/aromatic N) is 3. The Morgan fingerprint density at radius 2 is 1.90 bits per heavy atom. The average molecular weight is 408 g/mol. The van der Waals surface area contributed by atoms with E-state index in [0.29, 0.717) is 12.2 Å². The van der Waals surface area contributed by atoms with Crippen LogP contribution in [-0.2, 0) is 9.31 Å². The van der Waals surface area contributed by atoms with Gasteiger partial charge in [0.2, 0.25) is 0 Å². The fraction of sp³-hybridized carbons (Fsp3) is 0.476. The summed E-state index contributed by atoms with van der Waals surface area (Å²) in [6.07, 6.45) is 1.10. The van der Waals surface area contributed by atoms with E-state index in [4.69, 9.17) is 9.31 Å². The van der Waals surface area contributed by atoms with Crippen LogP contribution in [0.3, 0.4) is 0 Å². The normalized spacial score (nSPS) is 24.8. The van der Waals surface area contributed by atoms with Gasteiger partial charge in [-0.25, -0.2) is 9.78 Å². The first-order valence-corrected chi connectivity index (χ1v) is 10.0. The van der Waals surface area contributed by atoms with Crippen molar-refractivity contribution in [2.45, 2.75) is 51.4 Å². The minimum Gasteiger partial charge on any atom is -0.465 e. The van der Waals surface area contributed by atoms with E-state index < -0.39 is 30.5 Å². The fourth-order valence-corrected chi connectivity index (χ4v) is 3.85. The van der Waals surface area contributed by atoms with Gasteiger partial charge < -0.3 is 19.4 Å². The molecule has 2 aliphatic heterocycles. The molecule has 2 aromatic rings. The molecule has 1 aromatic carbocycles. The Labute approximate surface area is 176 Å². The summed E-state index contributed by atoms with van der Waals surface area (Å²) in [5.41, 5.74) is 1.85. The van der Waals surface area contributed by atoms with Crippen molar-refractivity contribution >= 4 is 18.7 Å². The number of aromatic nitrogens is 2. The highest BCUT2D eigenvalue weighted by molar-refractivity contribution is 6.62. The molecule has 4 rings (SSSR count). The van der Waals surface area contributed by atoms with Crippen molar-refractivity contribution in [2.24, 2.45) is 5.92 Å². The largest absolute Gasteiger partial charge is 0.494 e. The number of imidazole rings is 1. The van der Waals surface area contributed by atoms with Gasteiger partial charge in [0.05, 0.1) is 41.1 Å². The number of aromatic amines is 1. The zero-order chi connectivity index (χ0) is 21.7. The number of amides is 1. The summed E-state index contributed by atoms with van der Waals surface area (Å²) in [7, 11) is -0.424. The molecule has 8 nitrogen and oxygen atoms in total. The third-order valence-electron chi connectivity index (χ3n) is 6.39. The number of H-pyrrole nitrogens is 1. The maximum Gasteiger partial charge on any atom is 0.494 e. The first-order chi connectivity index (χ1) is 14.1. The summed E-state index contributed by atoms with van der Waals surface area (Å²) in [6, 6.07) is 9.56. The number of carbonyl (C=O) groups is 1. The molecule has 2 N–H and O–H groups in total. The van der Waals surface area contributed by atoms with E-state index in [1.54, 1.807) is 6.20 Å². The lowest BCUT2D eigenvalue weighted by Crippen LogP contribution is -2.41. The van der Waals surface area contributed by atoms with Crippen molar-refractivity contribution in [2.75, 3.05) is 6.54 Å². The number of hydrogen-bond acceptors (Lipinski definition) is 5. The van der Waals surface area contributed by atoms with Crippen LogP contribution in [0, 0.1) is 17.2 Å². The van der Waals surface area contributed by atoms with Crippen LogP contribution < -0.4 is 5.46 Å². The van der Waals surface area contributed by atoms with Crippen molar-refractivity contribution in [1.29, 1.82) is 5.26 Å². The van der Waals surface area contributed by atoms with Gasteiger partial charge in [0.1, 0.15) is 5.82 Å². The SMILES string of the molecule is CC1(C)OB(c2ccc(-c3cnc(C4CC(C#N)CN4C(=O)O)[nH]3)cc2)OC1(C)C. The summed E-state index contributed by atoms with van der Waals surface area (Å²) >= 11 is 0. The zero-order valence-corrected chi connectivity index (χ0v) is 17.5. The number of rotatable bonds is 3. The van der Waals surface area contributed by atoms with Crippen LogP contribution in [0.2, 0.25) is 0 Å². The van der Waals surface area contributed by atoms with Gasteiger partial charge >= 0.3 is 13.2 Å². The van der Waals surface area contributed by atoms with Gasteiger partial charge in [-0.1, -0.05) is 24.3 Å². The topological polar surface area (TPSA) is 111 Å². The molecular formula is C21H25BN4O4. The lowest BCUT2D eigenvalue weighted by atomic mass is 9.79. The molecule has 0 bridgehead atoms.